The molecule has 0 amide bonds. The summed E-state index contributed by atoms with van der Waals surface area (Å²) in [5.74, 6) is 2.35. The number of fused-ring (bicyclic) bond motifs is 1. The third kappa shape index (κ3) is 4.77. The summed E-state index contributed by atoms with van der Waals surface area (Å²) in [6.45, 7) is 5.62. The first-order valence-corrected chi connectivity index (χ1v) is 13.4. The van der Waals surface area contributed by atoms with E-state index in [4.69, 9.17) is 26.3 Å². The van der Waals surface area contributed by atoms with Crippen molar-refractivity contribution < 1.29 is 4.74 Å². The zero-order chi connectivity index (χ0) is 24.5. The summed E-state index contributed by atoms with van der Waals surface area (Å²) in [6.07, 6.45) is 5.04. The number of morpholine rings is 1. The Hall–Kier alpha value is -2.80. The van der Waals surface area contributed by atoms with Gasteiger partial charge < -0.3 is 14.6 Å². The van der Waals surface area contributed by atoms with E-state index in [1.165, 1.54) is 31.2 Å². The van der Waals surface area contributed by atoms with Crippen molar-refractivity contribution in [1.82, 2.24) is 24.8 Å². The fourth-order valence-corrected chi connectivity index (χ4v) is 5.78. The summed E-state index contributed by atoms with van der Waals surface area (Å²) in [7, 11) is 0. The Labute approximate surface area is 217 Å². The van der Waals surface area contributed by atoms with E-state index in [0.29, 0.717) is 18.2 Å². The van der Waals surface area contributed by atoms with Crippen LogP contribution < -0.4 is 5.32 Å². The zero-order valence-electron chi connectivity index (χ0n) is 20.7. The molecule has 1 saturated carbocycles. The smallest absolute Gasteiger partial charge is 0.225 e. The van der Waals surface area contributed by atoms with Crippen LogP contribution in [0.3, 0.4) is 0 Å². The molecule has 2 aliphatic rings. The van der Waals surface area contributed by atoms with Crippen molar-refractivity contribution >= 4 is 22.8 Å². The van der Waals surface area contributed by atoms with Crippen molar-refractivity contribution in [2.75, 3.05) is 19.8 Å². The molecule has 0 radical (unpaired) electrons. The van der Waals surface area contributed by atoms with E-state index in [2.05, 4.69) is 58.2 Å². The number of aromatic nitrogens is 4. The molecule has 186 valence electrons. The van der Waals surface area contributed by atoms with E-state index in [-0.39, 0.29) is 11.3 Å². The van der Waals surface area contributed by atoms with Crippen LogP contribution in [0.4, 0.5) is 0 Å². The highest BCUT2D eigenvalue weighted by molar-refractivity contribution is 6.28. The van der Waals surface area contributed by atoms with Crippen LogP contribution in [-0.2, 0) is 11.3 Å². The molecule has 6 rings (SSSR count). The van der Waals surface area contributed by atoms with Crippen LogP contribution >= 0.6 is 11.6 Å². The maximum atomic E-state index is 6.41. The first kappa shape index (κ1) is 23.6. The van der Waals surface area contributed by atoms with E-state index in [9.17, 15) is 0 Å². The Morgan fingerprint density at radius 1 is 0.944 bits per heavy atom. The topological polar surface area (TPSA) is 64.9 Å². The van der Waals surface area contributed by atoms with Crippen LogP contribution in [0.1, 0.15) is 44.2 Å². The van der Waals surface area contributed by atoms with Crippen molar-refractivity contribution in [3.05, 3.63) is 65.4 Å². The maximum Gasteiger partial charge on any atom is 0.225 e. The summed E-state index contributed by atoms with van der Waals surface area (Å²) in [4.78, 5) is 14.3. The van der Waals surface area contributed by atoms with Crippen molar-refractivity contribution in [2.24, 2.45) is 11.8 Å². The number of ether oxygens (including phenoxy) is 1. The van der Waals surface area contributed by atoms with Gasteiger partial charge in [-0.15, -0.1) is 0 Å². The summed E-state index contributed by atoms with van der Waals surface area (Å²) in [5, 5.41) is 3.76. The summed E-state index contributed by atoms with van der Waals surface area (Å²) in [5.41, 5.74) is 5.79. The Kier molecular flexibility index (Phi) is 6.74. The predicted molar refractivity (Wildman–Crippen MR) is 144 cm³/mol. The second-order valence-electron chi connectivity index (χ2n) is 10.3. The highest BCUT2D eigenvalue weighted by Gasteiger charge is 2.25. The standard InChI is InChI=1S/C29H32ClN5O/c1-19-7-9-20(10-8-19)17-35-26-25(22-5-3-2-4-6-22)32-29(30)34-27(26)33-28(35)23-13-11-21(12-14-23)24-18-36-16-15-31-24/h2-6,11-14,19-20,24,31H,7-10,15-18H2,1H3. The Balaban J connectivity index is 1.46. The number of nitrogens with zero attached hydrogens (tertiary/aromatic N) is 4. The van der Waals surface area contributed by atoms with E-state index in [1.54, 1.807) is 0 Å². The van der Waals surface area contributed by atoms with Crippen molar-refractivity contribution in [1.29, 1.82) is 0 Å². The lowest BCUT2D eigenvalue weighted by atomic mass is 9.83. The van der Waals surface area contributed by atoms with Crippen LogP contribution in [0.2, 0.25) is 5.28 Å². The van der Waals surface area contributed by atoms with Crippen LogP contribution in [0.5, 0.6) is 0 Å². The molecular weight excluding hydrogens is 470 g/mol. The van der Waals surface area contributed by atoms with Crippen molar-refractivity contribution in [3.63, 3.8) is 0 Å². The lowest BCUT2D eigenvalue weighted by molar-refractivity contribution is 0.0769. The molecule has 4 aromatic rings. The number of hydrogen-bond acceptors (Lipinski definition) is 5. The third-order valence-corrected chi connectivity index (χ3v) is 7.86. The lowest BCUT2D eigenvalue weighted by Gasteiger charge is -2.27. The molecular formula is C29H32ClN5O. The molecule has 1 atom stereocenters. The predicted octanol–water partition coefficient (Wildman–Crippen LogP) is 6.30. The first-order chi connectivity index (χ1) is 17.7. The largest absolute Gasteiger partial charge is 0.378 e. The van der Waals surface area contributed by atoms with Crippen molar-refractivity contribution in [3.8, 4) is 22.6 Å². The second-order valence-corrected chi connectivity index (χ2v) is 10.6. The lowest BCUT2D eigenvalue weighted by Crippen LogP contribution is -2.34. The second kappa shape index (κ2) is 10.3. The summed E-state index contributed by atoms with van der Waals surface area (Å²) in [6, 6.07) is 19.2. The Morgan fingerprint density at radius 2 is 1.72 bits per heavy atom. The molecule has 1 saturated heterocycles. The van der Waals surface area contributed by atoms with Gasteiger partial charge in [-0.1, -0.05) is 74.4 Å². The molecule has 1 aliphatic carbocycles. The average molecular weight is 502 g/mol. The Bertz CT molecular complexity index is 1320. The summed E-state index contributed by atoms with van der Waals surface area (Å²) < 4.78 is 8.02. The molecule has 2 aromatic heterocycles. The van der Waals surface area contributed by atoms with Gasteiger partial charge in [-0.05, 0) is 41.8 Å². The molecule has 2 aromatic carbocycles. The van der Waals surface area contributed by atoms with Crippen LogP contribution in [-0.4, -0.2) is 39.3 Å². The molecule has 1 aliphatic heterocycles. The van der Waals surface area contributed by atoms with Gasteiger partial charge in [-0.2, -0.15) is 4.98 Å². The van der Waals surface area contributed by atoms with E-state index in [1.807, 2.05) is 18.2 Å². The minimum atomic E-state index is 0.225. The molecule has 0 bridgehead atoms. The van der Waals surface area contributed by atoms with Gasteiger partial charge in [0, 0.05) is 24.2 Å². The number of hydrogen-bond donors (Lipinski definition) is 1. The molecule has 2 fully saturated rings. The van der Waals surface area contributed by atoms with Gasteiger partial charge in [0.15, 0.2) is 5.65 Å². The highest BCUT2D eigenvalue weighted by Crippen LogP contribution is 2.36. The number of benzene rings is 2. The quantitative estimate of drug-likeness (QED) is 0.325. The van der Waals surface area contributed by atoms with Gasteiger partial charge in [0.25, 0.3) is 0 Å². The monoisotopic (exact) mass is 501 g/mol. The molecule has 7 heteroatoms. The SMILES string of the molecule is CC1CCC(Cn2c(-c3ccc(C4COCCN4)cc3)nc3nc(Cl)nc(-c4ccccc4)c32)CC1. The normalized spacial score (nSPS) is 22.7. The van der Waals surface area contributed by atoms with E-state index in [0.717, 1.165) is 53.8 Å². The summed E-state index contributed by atoms with van der Waals surface area (Å²) >= 11 is 6.41. The van der Waals surface area contributed by atoms with Crippen LogP contribution in [0.15, 0.2) is 54.6 Å². The maximum absolute atomic E-state index is 6.41. The average Bonchev–Trinajstić information content (AvgIpc) is 3.28. The minimum absolute atomic E-state index is 0.225. The van der Waals surface area contributed by atoms with Gasteiger partial charge in [0.2, 0.25) is 5.28 Å². The fraction of sp³-hybridized carbons (Fsp3) is 0.414. The van der Waals surface area contributed by atoms with Gasteiger partial charge in [0.05, 0.1) is 19.3 Å². The van der Waals surface area contributed by atoms with Gasteiger partial charge in [-0.3, -0.25) is 0 Å². The number of imidazole rings is 1. The number of nitrogens with one attached hydrogen (secondary N) is 1. The first-order valence-electron chi connectivity index (χ1n) is 13.1. The molecule has 3 heterocycles. The number of halogens is 1. The molecule has 1 N–H and O–H groups in total. The minimum Gasteiger partial charge on any atom is -0.378 e. The third-order valence-electron chi connectivity index (χ3n) is 7.69. The molecule has 0 spiro atoms. The van der Waals surface area contributed by atoms with Gasteiger partial charge >= 0.3 is 0 Å². The van der Waals surface area contributed by atoms with Gasteiger partial charge in [-0.25, -0.2) is 9.97 Å². The van der Waals surface area contributed by atoms with E-state index < -0.39 is 0 Å². The van der Waals surface area contributed by atoms with E-state index >= 15 is 0 Å². The highest BCUT2D eigenvalue weighted by atomic mass is 35.5. The van der Waals surface area contributed by atoms with Gasteiger partial charge in [0.1, 0.15) is 17.0 Å². The molecule has 6 nitrogen and oxygen atoms in total. The Morgan fingerprint density at radius 3 is 2.44 bits per heavy atom. The molecule has 36 heavy (non-hydrogen) atoms. The number of rotatable bonds is 5. The van der Waals surface area contributed by atoms with Crippen LogP contribution in [0.25, 0.3) is 33.8 Å². The zero-order valence-corrected chi connectivity index (χ0v) is 21.4. The molecule has 1 unspecified atom stereocenters. The van der Waals surface area contributed by atoms with Crippen LogP contribution in [0, 0.1) is 11.8 Å². The fourth-order valence-electron chi connectivity index (χ4n) is 5.62. The van der Waals surface area contributed by atoms with Crippen molar-refractivity contribution in [2.45, 2.75) is 45.2 Å².